The number of benzene rings is 3. The molecule has 2 N–H and O–H groups in total. The highest BCUT2D eigenvalue weighted by Crippen LogP contribution is 2.15. The maximum absolute atomic E-state index is 13.0. The fraction of sp³-hybridized carbons (Fsp3) is 0.0800. The normalized spacial score (nSPS) is 10.9. The van der Waals surface area contributed by atoms with Crippen LogP contribution < -0.4 is 10.6 Å². The van der Waals surface area contributed by atoms with Crippen molar-refractivity contribution in [1.29, 1.82) is 0 Å². The van der Waals surface area contributed by atoms with Crippen LogP contribution >= 0.6 is 15.9 Å². The van der Waals surface area contributed by atoms with E-state index in [1.54, 1.807) is 42.5 Å². The minimum atomic E-state index is -0.501. The molecule has 0 aliphatic carbocycles. The Labute approximate surface area is 194 Å². The van der Waals surface area contributed by atoms with Crippen LogP contribution in [-0.4, -0.2) is 24.9 Å². The van der Waals surface area contributed by atoms with Crippen LogP contribution in [0.3, 0.4) is 0 Å². The number of ether oxygens (including phenoxy) is 1. The van der Waals surface area contributed by atoms with Gasteiger partial charge in [0.1, 0.15) is 5.70 Å². The lowest BCUT2D eigenvalue weighted by Gasteiger charge is -2.12. The highest BCUT2D eigenvalue weighted by atomic mass is 79.9. The van der Waals surface area contributed by atoms with E-state index in [1.165, 1.54) is 7.11 Å². The van der Waals surface area contributed by atoms with Gasteiger partial charge in [0.25, 0.3) is 11.8 Å². The summed E-state index contributed by atoms with van der Waals surface area (Å²) < 4.78 is 5.58. The van der Waals surface area contributed by atoms with Gasteiger partial charge in [-0.3, -0.25) is 9.59 Å². The molecule has 6 nitrogen and oxygen atoms in total. The van der Waals surface area contributed by atoms with Crippen LogP contribution in [0.4, 0.5) is 5.69 Å². The van der Waals surface area contributed by atoms with Crippen LogP contribution in [0, 0.1) is 6.92 Å². The van der Waals surface area contributed by atoms with Crippen molar-refractivity contribution in [3.8, 4) is 0 Å². The van der Waals surface area contributed by atoms with Gasteiger partial charge in [0.15, 0.2) is 0 Å². The summed E-state index contributed by atoms with van der Waals surface area (Å²) in [6.45, 7) is 1.93. The van der Waals surface area contributed by atoms with Crippen LogP contribution in [0.1, 0.15) is 31.8 Å². The highest BCUT2D eigenvalue weighted by molar-refractivity contribution is 9.10. The number of carbonyl (C=O) groups is 3. The first-order valence-electron chi connectivity index (χ1n) is 9.71. The maximum Gasteiger partial charge on any atom is 0.337 e. The Morgan fingerprint density at radius 1 is 0.844 bits per heavy atom. The zero-order valence-electron chi connectivity index (χ0n) is 17.5. The number of amides is 2. The summed E-state index contributed by atoms with van der Waals surface area (Å²) in [5.74, 6) is -1.37. The molecular formula is C25H21BrN2O4. The van der Waals surface area contributed by atoms with Crippen molar-refractivity contribution in [2.24, 2.45) is 0 Å². The number of hydrogen-bond acceptors (Lipinski definition) is 4. The van der Waals surface area contributed by atoms with Gasteiger partial charge in [-0.15, -0.1) is 0 Å². The topological polar surface area (TPSA) is 84.5 Å². The first-order chi connectivity index (χ1) is 15.4. The lowest BCUT2D eigenvalue weighted by molar-refractivity contribution is -0.113. The van der Waals surface area contributed by atoms with Crippen LogP contribution in [-0.2, 0) is 9.53 Å². The number of hydrogen-bond donors (Lipinski definition) is 2. The van der Waals surface area contributed by atoms with Gasteiger partial charge in [0, 0.05) is 15.7 Å². The Balaban J connectivity index is 1.84. The Kier molecular flexibility index (Phi) is 7.57. The molecule has 0 saturated carbocycles. The standard InChI is InChI=1S/C25H21BrN2O4/c1-16-3-7-18(8-4-16)23(29)28-22(15-17-5-11-20(26)12-6-17)24(30)27-21-13-9-19(10-14-21)25(31)32-2/h3-15H,1-2H3,(H,27,30)(H,28,29). The van der Waals surface area contributed by atoms with Crippen molar-refractivity contribution in [3.63, 3.8) is 0 Å². The second-order valence-electron chi connectivity index (χ2n) is 6.95. The summed E-state index contributed by atoms with van der Waals surface area (Å²) in [6.07, 6.45) is 1.59. The summed E-state index contributed by atoms with van der Waals surface area (Å²) >= 11 is 3.38. The lowest BCUT2D eigenvalue weighted by atomic mass is 10.1. The van der Waals surface area contributed by atoms with Crippen LogP contribution in [0.25, 0.3) is 6.08 Å². The molecule has 0 aliphatic rings. The van der Waals surface area contributed by atoms with E-state index in [4.69, 9.17) is 0 Å². The highest BCUT2D eigenvalue weighted by Gasteiger charge is 2.15. The van der Waals surface area contributed by atoms with Gasteiger partial charge in [0.05, 0.1) is 12.7 Å². The molecule has 0 saturated heterocycles. The van der Waals surface area contributed by atoms with Crippen molar-refractivity contribution in [1.82, 2.24) is 5.32 Å². The van der Waals surface area contributed by atoms with E-state index < -0.39 is 17.8 Å². The molecule has 0 fully saturated rings. The number of aryl methyl sites for hydroxylation is 1. The van der Waals surface area contributed by atoms with Gasteiger partial charge in [-0.05, 0) is 67.1 Å². The molecule has 2 amide bonds. The van der Waals surface area contributed by atoms with E-state index >= 15 is 0 Å². The van der Waals surface area contributed by atoms with Gasteiger partial charge < -0.3 is 15.4 Å². The minimum absolute atomic E-state index is 0.0786. The molecule has 0 unspecified atom stereocenters. The number of anilines is 1. The van der Waals surface area contributed by atoms with Gasteiger partial charge in [-0.25, -0.2) is 4.79 Å². The van der Waals surface area contributed by atoms with Crippen molar-refractivity contribution in [2.75, 3.05) is 12.4 Å². The van der Waals surface area contributed by atoms with Crippen molar-refractivity contribution < 1.29 is 19.1 Å². The summed E-state index contributed by atoms with van der Waals surface area (Å²) in [5.41, 5.74) is 3.11. The summed E-state index contributed by atoms with van der Waals surface area (Å²) in [5, 5.41) is 5.44. The number of nitrogens with one attached hydrogen (secondary N) is 2. The molecule has 0 spiro atoms. The van der Waals surface area contributed by atoms with Gasteiger partial charge >= 0.3 is 5.97 Å². The third-order valence-corrected chi connectivity index (χ3v) is 5.08. The third-order valence-electron chi connectivity index (χ3n) is 4.55. The molecule has 0 atom stereocenters. The zero-order valence-corrected chi connectivity index (χ0v) is 19.1. The SMILES string of the molecule is COC(=O)c1ccc(NC(=O)C(=Cc2ccc(Br)cc2)NC(=O)c2ccc(C)cc2)cc1. The smallest absolute Gasteiger partial charge is 0.337 e. The number of carbonyl (C=O) groups excluding carboxylic acids is 3. The predicted octanol–water partition coefficient (Wildman–Crippen LogP) is 4.95. The number of esters is 1. The monoisotopic (exact) mass is 492 g/mol. The molecule has 3 aromatic carbocycles. The fourth-order valence-electron chi connectivity index (χ4n) is 2.79. The zero-order chi connectivity index (χ0) is 23.1. The quantitative estimate of drug-likeness (QED) is 0.376. The largest absolute Gasteiger partial charge is 0.465 e. The van der Waals surface area contributed by atoms with Gasteiger partial charge in [-0.2, -0.15) is 0 Å². The first-order valence-corrected chi connectivity index (χ1v) is 10.5. The third kappa shape index (κ3) is 6.15. The van der Waals surface area contributed by atoms with E-state index in [1.807, 2.05) is 43.3 Å². The molecule has 0 heterocycles. The van der Waals surface area contributed by atoms with Crippen molar-refractivity contribution in [2.45, 2.75) is 6.92 Å². The van der Waals surface area contributed by atoms with Crippen LogP contribution in [0.5, 0.6) is 0 Å². The Morgan fingerprint density at radius 3 is 2.03 bits per heavy atom. The van der Waals surface area contributed by atoms with Crippen molar-refractivity contribution >= 4 is 45.5 Å². The Morgan fingerprint density at radius 2 is 1.44 bits per heavy atom. The Hall–Kier alpha value is -3.71. The van der Waals surface area contributed by atoms with Gasteiger partial charge in [-0.1, -0.05) is 45.8 Å². The van der Waals surface area contributed by atoms with Crippen molar-refractivity contribution in [3.05, 3.63) is 105 Å². The first kappa shape index (κ1) is 23.0. The average Bonchev–Trinajstić information content (AvgIpc) is 2.80. The van der Waals surface area contributed by atoms with E-state index in [0.29, 0.717) is 16.8 Å². The van der Waals surface area contributed by atoms with E-state index in [9.17, 15) is 14.4 Å². The second-order valence-corrected chi connectivity index (χ2v) is 7.87. The average molecular weight is 493 g/mol. The van der Waals surface area contributed by atoms with E-state index in [-0.39, 0.29) is 5.70 Å². The molecule has 3 aromatic rings. The maximum atomic E-state index is 13.0. The van der Waals surface area contributed by atoms with Gasteiger partial charge in [0.2, 0.25) is 0 Å². The molecule has 162 valence electrons. The molecule has 3 rings (SSSR count). The molecule has 7 heteroatoms. The molecule has 0 aliphatic heterocycles. The number of rotatable bonds is 6. The number of halogens is 1. The lowest BCUT2D eigenvalue weighted by Crippen LogP contribution is -2.30. The predicted molar refractivity (Wildman–Crippen MR) is 127 cm³/mol. The van der Waals surface area contributed by atoms with E-state index in [2.05, 4.69) is 31.3 Å². The van der Waals surface area contributed by atoms with Crippen LogP contribution in [0.15, 0.2) is 83.0 Å². The molecular weight excluding hydrogens is 472 g/mol. The van der Waals surface area contributed by atoms with E-state index in [0.717, 1.165) is 15.6 Å². The molecule has 0 aromatic heterocycles. The molecule has 0 bridgehead atoms. The summed E-state index contributed by atoms with van der Waals surface area (Å²) in [6, 6.07) is 20.6. The molecule has 0 radical (unpaired) electrons. The van der Waals surface area contributed by atoms with Crippen LogP contribution in [0.2, 0.25) is 0 Å². The second kappa shape index (κ2) is 10.5. The Bertz CT molecular complexity index is 1150. The summed E-state index contributed by atoms with van der Waals surface area (Å²) in [4.78, 5) is 37.3. The molecule has 32 heavy (non-hydrogen) atoms. The number of methoxy groups -OCH3 is 1. The fourth-order valence-corrected chi connectivity index (χ4v) is 3.05. The summed E-state index contributed by atoms with van der Waals surface area (Å²) in [7, 11) is 1.30. The minimum Gasteiger partial charge on any atom is -0.465 e.